The summed E-state index contributed by atoms with van der Waals surface area (Å²) in [5.74, 6) is 0.876. The third-order valence-corrected chi connectivity index (χ3v) is 4.92. The molecule has 4 rings (SSSR count). The highest BCUT2D eigenvalue weighted by Crippen LogP contribution is 2.31. The maximum atomic E-state index is 11.9. The van der Waals surface area contributed by atoms with Gasteiger partial charge in [0.15, 0.2) is 5.82 Å². The first-order valence-electron chi connectivity index (χ1n) is 8.26. The number of carbonyl (C=O) groups excluding carboxylic acids is 1. The van der Waals surface area contributed by atoms with Crippen molar-refractivity contribution in [3.8, 4) is 0 Å². The number of hydrogen-bond donors (Lipinski definition) is 1. The van der Waals surface area contributed by atoms with Crippen molar-refractivity contribution < 1.29 is 9.53 Å². The molecule has 1 fully saturated rings. The molecule has 1 amide bonds. The molecule has 1 aliphatic rings. The standard InChI is InChI=1S/C17H18BrN5O2/c1-2-25-17(24)23-7-5-22(6-8-23)16-15-14(19-10-20-16)12-9-11(18)3-4-13(12)21-15/h3-4,9-10,21H,2,5-8H2,1H3. The van der Waals surface area contributed by atoms with Crippen LogP contribution in [0.25, 0.3) is 21.9 Å². The van der Waals surface area contributed by atoms with Gasteiger partial charge in [0.2, 0.25) is 0 Å². The number of rotatable bonds is 2. The SMILES string of the molecule is CCOC(=O)N1CCN(c2ncnc3c2[nH]c2ccc(Br)cc23)CC1. The largest absolute Gasteiger partial charge is 0.450 e. The van der Waals surface area contributed by atoms with E-state index >= 15 is 0 Å². The van der Waals surface area contributed by atoms with Crippen LogP contribution in [-0.4, -0.2) is 58.7 Å². The van der Waals surface area contributed by atoms with E-state index in [1.54, 1.807) is 11.2 Å². The number of aromatic amines is 1. The first-order chi connectivity index (χ1) is 12.2. The molecule has 8 heteroatoms. The lowest BCUT2D eigenvalue weighted by molar-refractivity contribution is 0.105. The predicted molar refractivity (Wildman–Crippen MR) is 99.9 cm³/mol. The van der Waals surface area contributed by atoms with Crippen LogP contribution in [0, 0.1) is 0 Å². The van der Waals surface area contributed by atoms with Crippen molar-refractivity contribution >= 4 is 49.8 Å². The van der Waals surface area contributed by atoms with Gasteiger partial charge in [-0.2, -0.15) is 0 Å². The van der Waals surface area contributed by atoms with Gasteiger partial charge in [0.1, 0.15) is 17.4 Å². The zero-order valence-corrected chi connectivity index (χ0v) is 15.4. The van der Waals surface area contributed by atoms with E-state index in [1.165, 1.54) is 0 Å². The summed E-state index contributed by atoms with van der Waals surface area (Å²) < 4.78 is 6.09. The molecule has 130 valence electrons. The summed E-state index contributed by atoms with van der Waals surface area (Å²) in [4.78, 5) is 28.2. The maximum Gasteiger partial charge on any atom is 0.409 e. The summed E-state index contributed by atoms with van der Waals surface area (Å²) in [7, 11) is 0. The van der Waals surface area contributed by atoms with Gasteiger partial charge < -0.3 is 19.5 Å². The van der Waals surface area contributed by atoms with E-state index in [2.05, 4.69) is 41.8 Å². The number of H-pyrrole nitrogens is 1. The van der Waals surface area contributed by atoms with Crippen molar-refractivity contribution in [2.45, 2.75) is 6.92 Å². The number of nitrogens with zero attached hydrogens (tertiary/aromatic N) is 4. The lowest BCUT2D eigenvalue weighted by atomic mass is 10.2. The first-order valence-corrected chi connectivity index (χ1v) is 9.05. The molecule has 0 spiro atoms. The summed E-state index contributed by atoms with van der Waals surface area (Å²) in [6.45, 7) is 4.89. The van der Waals surface area contributed by atoms with E-state index in [9.17, 15) is 4.79 Å². The quantitative estimate of drug-likeness (QED) is 0.711. The van der Waals surface area contributed by atoms with E-state index in [0.29, 0.717) is 32.8 Å². The van der Waals surface area contributed by atoms with Crippen LogP contribution in [0.15, 0.2) is 29.0 Å². The number of fused-ring (bicyclic) bond motifs is 3. The molecule has 3 aromatic rings. The van der Waals surface area contributed by atoms with Gasteiger partial charge in [-0.05, 0) is 25.1 Å². The Morgan fingerprint density at radius 1 is 1.28 bits per heavy atom. The lowest BCUT2D eigenvalue weighted by Gasteiger charge is -2.34. The van der Waals surface area contributed by atoms with Gasteiger partial charge in [0.25, 0.3) is 0 Å². The Labute approximate surface area is 153 Å². The number of halogens is 1. The highest BCUT2D eigenvalue weighted by atomic mass is 79.9. The number of anilines is 1. The Kier molecular flexibility index (Phi) is 4.20. The predicted octanol–water partition coefficient (Wildman–Crippen LogP) is 3.15. The molecule has 0 saturated carbocycles. The third kappa shape index (κ3) is 2.90. The summed E-state index contributed by atoms with van der Waals surface area (Å²) in [5, 5.41) is 1.07. The zero-order valence-electron chi connectivity index (χ0n) is 13.8. The van der Waals surface area contributed by atoms with Crippen molar-refractivity contribution in [3.05, 3.63) is 29.0 Å². The minimum Gasteiger partial charge on any atom is -0.450 e. The molecule has 0 radical (unpaired) electrons. The highest BCUT2D eigenvalue weighted by Gasteiger charge is 2.24. The van der Waals surface area contributed by atoms with Gasteiger partial charge in [-0.15, -0.1) is 0 Å². The lowest BCUT2D eigenvalue weighted by Crippen LogP contribution is -2.49. The second-order valence-corrected chi connectivity index (χ2v) is 6.82. The van der Waals surface area contributed by atoms with Crippen LogP contribution in [0.5, 0.6) is 0 Å². The smallest absolute Gasteiger partial charge is 0.409 e. The molecular formula is C17H18BrN5O2. The Hall–Kier alpha value is -2.35. The molecule has 1 saturated heterocycles. The van der Waals surface area contributed by atoms with Crippen molar-refractivity contribution in [2.75, 3.05) is 37.7 Å². The van der Waals surface area contributed by atoms with Gasteiger partial charge in [0.05, 0.1) is 6.61 Å². The number of ether oxygens (including phenoxy) is 1. The molecule has 0 unspecified atom stereocenters. The van der Waals surface area contributed by atoms with Gasteiger partial charge in [-0.1, -0.05) is 15.9 Å². The topological polar surface area (TPSA) is 74.3 Å². The van der Waals surface area contributed by atoms with Crippen LogP contribution >= 0.6 is 15.9 Å². The number of carbonyl (C=O) groups is 1. The van der Waals surface area contributed by atoms with Gasteiger partial charge in [0, 0.05) is 41.6 Å². The fourth-order valence-corrected chi connectivity index (χ4v) is 3.57. The molecule has 1 aliphatic heterocycles. The fraction of sp³-hybridized carbons (Fsp3) is 0.353. The number of piperazine rings is 1. The van der Waals surface area contributed by atoms with E-state index in [4.69, 9.17) is 4.74 Å². The highest BCUT2D eigenvalue weighted by molar-refractivity contribution is 9.10. The van der Waals surface area contributed by atoms with Gasteiger partial charge in [-0.3, -0.25) is 0 Å². The van der Waals surface area contributed by atoms with Crippen LogP contribution in [0.4, 0.5) is 10.6 Å². The Morgan fingerprint density at radius 2 is 2.08 bits per heavy atom. The Bertz CT molecular complexity index is 933. The molecule has 0 bridgehead atoms. The summed E-state index contributed by atoms with van der Waals surface area (Å²) in [6.07, 6.45) is 1.36. The number of hydrogen-bond acceptors (Lipinski definition) is 5. The summed E-state index contributed by atoms with van der Waals surface area (Å²) >= 11 is 3.51. The van der Waals surface area contributed by atoms with Crippen molar-refractivity contribution in [1.29, 1.82) is 0 Å². The van der Waals surface area contributed by atoms with Crippen LogP contribution in [0.3, 0.4) is 0 Å². The Morgan fingerprint density at radius 3 is 2.84 bits per heavy atom. The number of nitrogens with one attached hydrogen (secondary N) is 1. The second-order valence-electron chi connectivity index (χ2n) is 5.91. The summed E-state index contributed by atoms with van der Waals surface area (Å²) in [5.41, 5.74) is 2.87. The molecule has 2 aromatic heterocycles. The average molecular weight is 404 g/mol. The van der Waals surface area contributed by atoms with Crippen LogP contribution in [-0.2, 0) is 4.74 Å². The molecular weight excluding hydrogens is 386 g/mol. The maximum absolute atomic E-state index is 11.9. The Balaban J connectivity index is 1.64. The van der Waals surface area contributed by atoms with E-state index in [0.717, 1.165) is 32.2 Å². The molecule has 0 atom stereocenters. The van der Waals surface area contributed by atoms with Crippen molar-refractivity contribution in [3.63, 3.8) is 0 Å². The third-order valence-electron chi connectivity index (χ3n) is 4.43. The average Bonchev–Trinajstić information content (AvgIpc) is 3.00. The summed E-state index contributed by atoms with van der Waals surface area (Å²) in [6, 6.07) is 6.09. The van der Waals surface area contributed by atoms with Crippen LogP contribution in [0.2, 0.25) is 0 Å². The van der Waals surface area contributed by atoms with E-state index in [1.807, 2.05) is 19.1 Å². The van der Waals surface area contributed by atoms with Crippen LogP contribution in [0.1, 0.15) is 6.92 Å². The monoisotopic (exact) mass is 403 g/mol. The molecule has 0 aliphatic carbocycles. The van der Waals surface area contributed by atoms with E-state index in [-0.39, 0.29) is 6.09 Å². The van der Waals surface area contributed by atoms with Gasteiger partial charge >= 0.3 is 6.09 Å². The number of amides is 1. The van der Waals surface area contributed by atoms with Crippen molar-refractivity contribution in [2.24, 2.45) is 0 Å². The van der Waals surface area contributed by atoms with Crippen molar-refractivity contribution in [1.82, 2.24) is 19.9 Å². The van der Waals surface area contributed by atoms with E-state index < -0.39 is 0 Å². The molecule has 1 N–H and O–H groups in total. The normalized spacial score (nSPS) is 15.1. The van der Waals surface area contributed by atoms with Crippen LogP contribution < -0.4 is 4.90 Å². The number of benzene rings is 1. The van der Waals surface area contributed by atoms with Gasteiger partial charge in [-0.25, -0.2) is 14.8 Å². The second kappa shape index (κ2) is 6.51. The molecule has 3 heterocycles. The number of aromatic nitrogens is 3. The zero-order chi connectivity index (χ0) is 17.4. The molecule has 7 nitrogen and oxygen atoms in total. The molecule has 1 aromatic carbocycles. The minimum atomic E-state index is -0.245. The first kappa shape index (κ1) is 16.1. The molecule has 25 heavy (non-hydrogen) atoms. The fourth-order valence-electron chi connectivity index (χ4n) is 3.21. The minimum absolute atomic E-state index is 0.245.